The summed E-state index contributed by atoms with van der Waals surface area (Å²) in [6.45, 7) is 1.95. The van der Waals surface area contributed by atoms with E-state index in [9.17, 15) is 8.78 Å². The molecule has 1 rings (SSSR count). The van der Waals surface area contributed by atoms with Gasteiger partial charge in [0.2, 0.25) is 0 Å². The molecule has 0 heterocycles. The van der Waals surface area contributed by atoms with E-state index in [4.69, 9.17) is 5.11 Å². The zero-order valence-corrected chi connectivity index (χ0v) is 8.13. The fourth-order valence-corrected chi connectivity index (χ4v) is 1.23. The molecular weight excluding hydrogens is 186 g/mol. The normalized spacial score (nSPS) is 12.9. The van der Waals surface area contributed by atoms with Gasteiger partial charge >= 0.3 is 0 Å². The summed E-state index contributed by atoms with van der Waals surface area (Å²) in [5.74, 6) is -0.674. The second kappa shape index (κ2) is 5.05. The summed E-state index contributed by atoms with van der Waals surface area (Å²) in [7, 11) is 0. The van der Waals surface area contributed by atoms with Crippen molar-refractivity contribution in [3.63, 3.8) is 0 Å². The monoisotopic (exact) mass is 200 g/mol. The highest BCUT2D eigenvalue weighted by Crippen LogP contribution is 2.14. The maximum atomic E-state index is 13.1. The number of hydrogen-bond donors (Lipinski definition) is 1. The number of hydrogen-bond acceptors (Lipinski definition) is 1. The van der Waals surface area contributed by atoms with Crippen LogP contribution in [0.3, 0.4) is 0 Å². The molecule has 1 aromatic rings. The highest BCUT2D eigenvalue weighted by molar-refractivity contribution is 5.18. The molecule has 0 bridgehead atoms. The Morgan fingerprint density at radius 2 is 2.07 bits per heavy atom. The van der Waals surface area contributed by atoms with Crippen LogP contribution in [0.15, 0.2) is 18.2 Å². The first-order chi connectivity index (χ1) is 6.63. The third-order valence-electron chi connectivity index (χ3n) is 2.23. The molecular formula is C11H14F2O. The average Bonchev–Trinajstić information content (AvgIpc) is 2.19. The highest BCUT2D eigenvalue weighted by atomic mass is 19.1. The van der Waals surface area contributed by atoms with Crippen LogP contribution in [-0.4, -0.2) is 11.7 Å². The molecule has 0 aliphatic carbocycles. The van der Waals surface area contributed by atoms with Crippen LogP contribution in [0.2, 0.25) is 0 Å². The lowest BCUT2D eigenvalue weighted by Crippen LogP contribution is -2.03. The van der Waals surface area contributed by atoms with Gasteiger partial charge < -0.3 is 5.11 Å². The Balaban J connectivity index is 2.62. The van der Waals surface area contributed by atoms with E-state index in [-0.39, 0.29) is 18.3 Å². The van der Waals surface area contributed by atoms with Crippen LogP contribution in [0.5, 0.6) is 0 Å². The first kappa shape index (κ1) is 11.1. The van der Waals surface area contributed by atoms with E-state index in [1.165, 1.54) is 6.07 Å². The van der Waals surface area contributed by atoms with Gasteiger partial charge in [0.05, 0.1) is 0 Å². The molecule has 1 aromatic carbocycles. The van der Waals surface area contributed by atoms with Crippen LogP contribution in [0, 0.1) is 17.6 Å². The minimum absolute atomic E-state index is 0.0803. The van der Waals surface area contributed by atoms with Crippen molar-refractivity contribution in [1.82, 2.24) is 0 Å². The molecule has 1 unspecified atom stereocenters. The lowest BCUT2D eigenvalue weighted by atomic mass is 10.0. The molecule has 0 fully saturated rings. The topological polar surface area (TPSA) is 20.2 Å². The number of rotatable bonds is 4. The largest absolute Gasteiger partial charge is 0.396 e. The Kier molecular flexibility index (Phi) is 4.01. The van der Waals surface area contributed by atoms with Crippen molar-refractivity contribution in [3.8, 4) is 0 Å². The smallest absolute Gasteiger partial charge is 0.126 e. The first-order valence-corrected chi connectivity index (χ1v) is 4.68. The minimum atomic E-state index is -0.418. The molecule has 0 saturated carbocycles. The average molecular weight is 200 g/mol. The third-order valence-corrected chi connectivity index (χ3v) is 2.23. The maximum absolute atomic E-state index is 13.1. The van der Waals surface area contributed by atoms with Crippen molar-refractivity contribution in [2.45, 2.75) is 19.8 Å². The van der Waals surface area contributed by atoms with Crippen molar-refractivity contribution in [2.24, 2.45) is 5.92 Å². The molecule has 1 nitrogen and oxygen atoms in total. The van der Waals surface area contributed by atoms with E-state index in [0.29, 0.717) is 18.4 Å². The Hall–Kier alpha value is -0.960. The van der Waals surface area contributed by atoms with Gasteiger partial charge in [-0.15, -0.1) is 0 Å². The SMILES string of the molecule is CC(CO)CCc1cc(F)ccc1F. The van der Waals surface area contributed by atoms with E-state index in [1.807, 2.05) is 6.92 Å². The van der Waals surface area contributed by atoms with Gasteiger partial charge in [0, 0.05) is 6.61 Å². The van der Waals surface area contributed by atoms with Gasteiger partial charge in [0.1, 0.15) is 11.6 Å². The predicted molar refractivity (Wildman–Crippen MR) is 50.9 cm³/mol. The Bertz CT molecular complexity index is 299. The molecule has 1 N–H and O–H groups in total. The van der Waals surface area contributed by atoms with Crippen LogP contribution in [0.1, 0.15) is 18.9 Å². The summed E-state index contributed by atoms with van der Waals surface area (Å²) in [5, 5.41) is 8.77. The number of aliphatic hydroxyl groups is 1. The predicted octanol–water partition coefficient (Wildman–Crippen LogP) is 2.53. The van der Waals surface area contributed by atoms with Crippen molar-refractivity contribution in [2.75, 3.05) is 6.61 Å². The Morgan fingerprint density at radius 1 is 1.36 bits per heavy atom. The molecule has 0 radical (unpaired) electrons. The lowest BCUT2D eigenvalue weighted by molar-refractivity contribution is 0.230. The molecule has 0 saturated heterocycles. The lowest BCUT2D eigenvalue weighted by Gasteiger charge is -2.07. The minimum Gasteiger partial charge on any atom is -0.396 e. The summed E-state index contributed by atoms with van der Waals surface area (Å²) in [5.41, 5.74) is 0.380. The van der Waals surface area contributed by atoms with Crippen LogP contribution >= 0.6 is 0 Å². The molecule has 14 heavy (non-hydrogen) atoms. The number of aliphatic hydroxyl groups excluding tert-OH is 1. The maximum Gasteiger partial charge on any atom is 0.126 e. The second-order valence-corrected chi connectivity index (χ2v) is 3.56. The van der Waals surface area contributed by atoms with E-state index < -0.39 is 5.82 Å². The van der Waals surface area contributed by atoms with Crippen LogP contribution < -0.4 is 0 Å². The zero-order valence-electron chi connectivity index (χ0n) is 8.13. The summed E-state index contributed by atoms with van der Waals surface area (Å²) in [6.07, 6.45) is 1.13. The molecule has 0 amide bonds. The summed E-state index contributed by atoms with van der Waals surface area (Å²) in [6, 6.07) is 3.45. The zero-order chi connectivity index (χ0) is 10.6. The van der Waals surface area contributed by atoms with E-state index in [0.717, 1.165) is 12.1 Å². The van der Waals surface area contributed by atoms with Gasteiger partial charge in [-0.05, 0) is 42.5 Å². The summed E-state index contributed by atoms with van der Waals surface area (Å²) >= 11 is 0. The molecule has 0 spiro atoms. The van der Waals surface area contributed by atoms with Crippen LogP contribution in [0.25, 0.3) is 0 Å². The van der Waals surface area contributed by atoms with Gasteiger partial charge in [-0.2, -0.15) is 0 Å². The van der Waals surface area contributed by atoms with Crippen molar-refractivity contribution >= 4 is 0 Å². The highest BCUT2D eigenvalue weighted by Gasteiger charge is 2.06. The van der Waals surface area contributed by atoms with Gasteiger partial charge in [-0.3, -0.25) is 0 Å². The molecule has 0 aromatic heterocycles. The van der Waals surface area contributed by atoms with Crippen molar-refractivity contribution < 1.29 is 13.9 Å². The van der Waals surface area contributed by atoms with E-state index in [2.05, 4.69) is 0 Å². The van der Waals surface area contributed by atoms with Gasteiger partial charge in [0.25, 0.3) is 0 Å². The fraction of sp³-hybridized carbons (Fsp3) is 0.455. The third kappa shape index (κ3) is 3.07. The van der Waals surface area contributed by atoms with Gasteiger partial charge in [-0.25, -0.2) is 8.78 Å². The van der Waals surface area contributed by atoms with Crippen molar-refractivity contribution in [1.29, 1.82) is 0 Å². The van der Waals surface area contributed by atoms with Crippen molar-refractivity contribution in [3.05, 3.63) is 35.4 Å². The quantitative estimate of drug-likeness (QED) is 0.791. The Labute approximate surface area is 82.4 Å². The fourth-order valence-electron chi connectivity index (χ4n) is 1.23. The Morgan fingerprint density at radius 3 is 2.71 bits per heavy atom. The van der Waals surface area contributed by atoms with Crippen LogP contribution in [-0.2, 0) is 6.42 Å². The number of halogens is 2. The standard InChI is InChI=1S/C11H14F2O/c1-8(7-14)2-3-9-6-10(12)4-5-11(9)13/h4-6,8,14H,2-3,7H2,1H3. The molecule has 78 valence electrons. The first-order valence-electron chi connectivity index (χ1n) is 4.68. The summed E-state index contributed by atoms with van der Waals surface area (Å²) in [4.78, 5) is 0. The van der Waals surface area contributed by atoms with Gasteiger partial charge in [-0.1, -0.05) is 6.92 Å². The second-order valence-electron chi connectivity index (χ2n) is 3.56. The van der Waals surface area contributed by atoms with E-state index >= 15 is 0 Å². The molecule has 3 heteroatoms. The number of benzene rings is 1. The summed E-state index contributed by atoms with van der Waals surface area (Å²) < 4.78 is 25.8. The number of aryl methyl sites for hydroxylation is 1. The molecule has 0 aliphatic rings. The van der Waals surface area contributed by atoms with Crippen LogP contribution in [0.4, 0.5) is 8.78 Å². The molecule has 0 aliphatic heterocycles. The van der Waals surface area contributed by atoms with E-state index in [1.54, 1.807) is 0 Å². The molecule has 1 atom stereocenters. The van der Waals surface area contributed by atoms with Gasteiger partial charge in [0.15, 0.2) is 0 Å².